The van der Waals surface area contributed by atoms with Crippen molar-refractivity contribution in [1.29, 1.82) is 0 Å². The molecule has 1 aliphatic rings. The molecule has 0 saturated carbocycles. The van der Waals surface area contributed by atoms with Crippen LogP contribution in [0.4, 0.5) is 38.0 Å². The third-order valence-electron chi connectivity index (χ3n) is 6.86. The summed E-state index contributed by atoms with van der Waals surface area (Å²) >= 11 is 0. The highest BCUT2D eigenvalue weighted by Gasteiger charge is 2.37. The zero-order valence-electron chi connectivity index (χ0n) is 23.0. The predicted octanol–water partition coefficient (Wildman–Crippen LogP) is 5.73. The summed E-state index contributed by atoms with van der Waals surface area (Å²) in [5.74, 6) is 0.440. The third kappa shape index (κ3) is 5.15. The van der Waals surface area contributed by atoms with Gasteiger partial charge in [0, 0.05) is 61.3 Å². The van der Waals surface area contributed by atoms with E-state index in [1.807, 2.05) is 41.5 Å². The summed E-state index contributed by atoms with van der Waals surface area (Å²) in [7, 11) is 0. The summed E-state index contributed by atoms with van der Waals surface area (Å²) in [6, 6.07) is 5.03. The van der Waals surface area contributed by atoms with E-state index in [0.717, 1.165) is 12.1 Å². The Morgan fingerprint density at radius 2 is 0.850 bits per heavy atom. The standard InChI is InChI=1S/C26H30F6N8/c1-23(2,3)15-11-19-33-17(25(27,28)29)13-21(39(19)35-15)37-7-9-38(10-8-37)22-14-18(26(30,31)32)34-20-12-16(24(4,5)6)36-40(20)22/h11-14H,7-10H2,1-6H3. The molecule has 4 aromatic rings. The average molecular weight is 569 g/mol. The van der Waals surface area contributed by atoms with Gasteiger partial charge in [0.1, 0.15) is 11.6 Å². The van der Waals surface area contributed by atoms with Gasteiger partial charge in [-0.1, -0.05) is 41.5 Å². The normalized spacial score (nSPS) is 16.0. The molecule has 14 heteroatoms. The van der Waals surface area contributed by atoms with Gasteiger partial charge in [-0.25, -0.2) is 9.97 Å². The summed E-state index contributed by atoms with van der Waals surface area (Å²) in [6.45, 7) is 12.4. The molecule has 0 radical (unpaired) electrons. The number of hydrogen-bond donors (Lipinski definition) is 0. The number of aromatic nitrogens is 6. The number of hydrogen-bond acceptors (Lipinski definition) is 6. The van der Waals surface area contributed by atoms with Crippen LogP contribution in [0, 0.1) is 0 Å². The predicted molar refractivity (Wildman–Crippen MR) is 138 cm³/mol. The van der Waals surface area contributed by atoms with Crippen LogP contribution in [-0.2, 0) is 23.2 Å². The van der Waals surface area contributed by atoms with E-state index in [1.54, 1.807) is 21.9 Å². The second-order valence-corrected chi connectivity index (χ2v) is 12.1. The van der Waals surface area contributed by atoms with Crippen LogP contribution in [0.25, 0.3) is 11.3 Å². The third-order valence-corrected chi connectivity index (χ3v) is 6.86. The summed E-state index contributed by atoms with van der Waals surface area (Å²) in [4.78, 5) is 11.1. The zero-order valence-corrected chi connectivity index (χ0v) is 23.0. The van der Waals surface area contributed by atoms with Crippen LogP contribution in [-0.4, -0.2) is 55.4 Å². The van der Waals surface area contributed by atoms with Crippen LogP contribution in [0.2, 0.25) is 0 Å². The van der Waals surface area contributed by atoms with Gasteiger partial charge < -0.3 is 9.80 Å². The molecule has 5 heterocycles. The van der Waals surface area contributed by atoms with Gasteiger partial charge in [0.2, 0.25) is 0 Å². The quantitative estimate of drug-likeness (QED) is 0.288. The Bertz CT molecular complexity index is 1440. The molecule has 1 saturated heterocycles. The molecule has 0 N–H and O–H groups in total. The van der Waals surface area contributed by atoms with Crippen molar-refractivity contribution >= 4 is 22.9 Å². The van der Waals surface area contributed by atoms with Crippen molar-refractivity contribution in [2.24, 2.45) is 0 Å². The Balaban J connectivity index is 1.52. The summed E-state index contributed by atoms with van der Waals surface area (Å²) in [5.41, 5.74) is -1.56. The van der Waals surface area contributed by atoms with Gasteiger partial charge >= 0.3 is 12.4 Å². The highest BCUT2D eigenvalue weighted by Crippen LogP contribution is 2.35. The fourth-order valence-electron chi connectivity index (χ4n) is 4.56. The van der Waals surface area contributed by atoms with Crippen LogP contribution >= 0.6 is 0 Å². The number of piperazine rings is 1. The minimum Gasteiger partial charge on any atom is -0.353 e. The Morgan fingerprint density at radius 1 is 0.525 bits per heavy atom. The van der Waals surface area contributed by atoms with E-state index in [2.05, 4.69) is 20.2 Å². The lowest BCUT2D eigenvalue weighted by molar-refractivity contribution is -0.141. The average Bonchev–Trinajstić information content (AvgIpc) is 3.46. The molecular weight excluding hydrogens is 538 g/mol. The van der Waals surface area contributed by atoms with E-state index in [-0.39, 0.29) is 49.1 Å². The number of anilines is 2. The number of rotatable bonds is 2. The van der Waals surface area contributed by atoms with E-state index >= 15 is 0 Å². The molecule has 0 spiro atoms. The van der Waals surface area contributed by atoms with E-state index in [1.165, 1.54) is 9.03 Å². The molecule has 0 bridgehead atoms. The fourth-order valence-corrected chi connectivity index (χ4v) is 4.56. The molecule has 1 fully saturated rings. The molecule has 0 atom stereocenters. The molecule has 0 unspecified atom stereocenters. The first kappa shape index (κ1) is 28.0. The van der Waals surface area contributed by atoms with E-state index in [4.69, 9.17) is 0 Å². The first-order valence-electron chi connectivity index (χ1n) is 12.8. The van der Waals surface area contributed by atoms with Crippen molar-refractivity contribution in [3.05, 3.63) is 47.0 Å². The molecule has 216 valence electrons. The Morgan fingerprint density at radius 3 is 1.12 bits per heavy atom. The highest BCUT2D eigenvalue weighted by molar-refractivity contribution is 5.57. The maximum Gasteiger partial charge on any atom is 0.433 e. The second kappa shape index (κ2) is 8.96. The van der Waals surface area contributed by atoms with E-state index in [0.29, 0.717) is 11.4 Å². The van der Waals surface area contributed by atoms with Crippen molar-refractivity contribution in [3.63, 3.8) is 0 Å². The number of halogens is 6. The molecule has 0 amide bonds. The van der Waals surface area contributed by atoms with Crippen LogP contribution in [0.15, 0.2) is 24.3 Å². The second-order valence-electron chi connectivity index (χ2n) is 12.1. The van der Waals surface area contributed by atoms with Gasteiger partial charge in [0.25, 0.3) is 0 Å². The maximum absolute atomic E-state index is 13.7. The van der Waals surface area contributed by atoms with Crippen molar-refractivity contribution in [2.45, 2.75) is 64.7 Å². The molecule has 4 aromatic heterocycles. The Kier molecular flexibility index (Phi) is 6.27. The minimum absolute atomic E-state index is 0.0779. The van der Waals surface area contributed by atoms with Crippen LogP contribution in [0.3, 0.4) is 0 Å². The van der Waals surface area contributed by atoms with Crippen LogP contribution in [0.1, 0.15) is 64.3 Å². The molecule has 0 aliphatic carbocycles. The van der Waals surface area contributed by atoms with Crippen LogP contribution < -0.4 is 9.80 Å². The van der Waals surface area contributed by atoms with Crippen LogP contribution in [0.5, 0.6) is 0 Å². The SMILES string of the molecule is CC(C)(C)c1cc2nc(C(F)(F)F)cc(N3CCN(c4cc(C(F)(F)F)nc5cc(C(C)(C)C)nn45)CC3)n2n1. The smallest absolute Gasteiger partial charge is 0.353 e. The summed E-state index contributed by atoms with van der Waals surface area (Å²) in [6.07, 6.45) is -9.32. The first-order valence-corrected chi connectivity index (χ1v) is 12.8. The molecule has 0 aromatic carbocycles. The van der Waals surface area contributed by atoms with Crippen molar-refractivity contribution in [3.8, 4) is 0 Å². The van der Waals surface area contributed by atoms with Gasteiger partial charge in [-0.15, -0.1) is 0 Å². The summed E-state index contributed by atoms with van der Waals surface area (Å²) in [5, 5.41) is 9.10. The van der Waals surface area contributed by atoms with Gasteiger partial charge in [-0.3, -0.25) is 0 Å². The van der Waals surface area contributed by atoms with Gasteiger partial charge in [-0.05, 0) is 0 Å². The van der Waals surface area contributed by atoms with Crippen molar-refractivity contribution in [1.82, 2.24) is 29.2 Å². The lowest BCUT2D eigenvalue weighted by Crippen LogP contribution is -2.48. The largest absolute Gasteiger partial charge is 0.433 e. The number of nitrogens with zero attached hydrogens (tertiary/aromatic N) is 8. The Labute approximate surface area is 226 Å². The van der Waals surface area contributed by atoms with Crippen molar-refractivity contribution < 1.29 is 26.3 Å². The van der Waals surface area contributed by atoms with Gasteiger partial charge in [-0.2, -0.15) is 45.6 Å². The van der Waals surface area contributed by atoms with Crippen molar-refractivity contribution in [2.75, 3.05) is 36.0 Å². The number of fused-ring (bicyclic) bond motifs is 2. The molecule has 5 rings (SSSR count). The van der Waals surface area contributed by atoms with Gasteiger partial charge in [0.05, 0.1) is 11.4 Å². The molecule has 40 heavy (non-hydrogen) atoms. The number of alkyl halides is 6. The lowest BCUT2D eigenvalue weighted by atomic mass is 9.93. The van der Waals surface area contributed by atoms with E-state index in [9.17, 15) is 26.3 Å². The van der Waals surface area contributed by atoms with E-state index < -0.39 is 34.6 Å². The first-order chi connectivity index (χ1) is 18.3. The summed E-state index contributed by atoms with van der Waals surface area (Å²) < 4.78 is 85.2. The molecule has 1 aliphatic heterocycles. The lowest BCUT2D eigenvalue weighted by Gasteiger charge is -2.37. The zero-order chi connectivity index (χ0) is 29.4. The highest BCUT2D eigenvalue weighted by atomic mass is 19.4. The monoisotopic (exact) mass is 568 g/mol. The molecule has 8 nitrogen and oxygen atoms in total. The Hall–Kier alpha value is -3.58. The fraction of sp³-hybridized carbons (Fsp3) is 0.538. The maximum atomic E-state index is 13.7. The molecular formula is C26H30F6N8. The topological polar surface area (TPSA) is 66.9 Å². The minimum atomic E-state index is -4.66. The van der Waals surface area contributed by atoms with Gasteiger partial charge in [0.15, 0.2) is 22.7 Å².